The SMILES string of the molecule is NCCCCC(NC=O)C(=O)Oc1cccnc1. The van der Waals surface area contributed by atoms with Crippen LogP contribution in [-0.4, -0.2) is 29.9 Å². The quantitative estimate of drug-likeness (QED) is 0.392. The van der Waals surface area contributed by atoms with Crippen LogP contribution in [0.3, 0.4) is 0 Å². The van der Waals surface area contributed by atoms with Crippen molar-refractivity contribution in [3.63, 3.8) is 0 Å². The first-order chi connectivity index (χ1) is 8.77. The van der Waals surface area contributed by atoms with Gasteiger partial charge in [-0.2, -0.15) is 0 Å². The van der Waals surface area contributed by atoms with E-state index in [1.807, 2.05) is 0 Å². The van der Waals surface area contributed by atoms with Crippen molar-refractivity contribution >= 4 is 12.4 Å². The van der Waals surface area contributed by atoms with Crippen LogP contribution in [0.5, 0.6) is 5.75 Å². The first kappa shape index (κ1) is 14.1. The Morgan fingerprint density at radius 1 is 1.56 bits per heavy atom. The zero-order valence-electron chi connectivity index (χ0n) is 10.0. The van der Waals surface area contributed by atoms with Crippen molar-refractivity contribution in [2.45, 2.75) is 25.3 Å². The van der Waals surface area contributed by atoms with Crippen molar-refractivity contribution in [1.29, 1.82) is 0 Å². The average Bonchev–Trinajstić information content (AvgIpc) is 2.39. The molecule has 98 valence electrons. The number of carbonyl (C=O) groups excluding carboxylic acids is 2. The van der Waals surface area contributed by atoms with E-state index in [0.29, 0.717) is 25.1 Å². The number of hydrogen-bond donors (Lipinski definition) is 2. The number of nitrogens with zero attached hydrogens (tertiary/aromatic N) is 1. The first-order valence-electron chi connectivity index (χ1n) is 5.79. The van der Waals surface area contributed by atoms with E-state index >= 15 is 0 Å². The number of nitrogens with two attached hydrogens (primary N) is 1. The zero-order chi connectivity index (χ0) is 13.2. The first-order valence-corrected chi connectivity index (χ1v) is 5.79. The number of unbranched alkanes of at least 4 members (excludes halogenated alkanes) is 1. The second kappa shape index (κ2) is 8.19. The third kappa shape index (κ3) is 4.92. The Morgan fingerprint density at radius 3 is 3.00 bits per heavy atom. The number of aromatic nitrogens is 1. The largest absolute Gasteiger partial charge is 0.423 e. The van der Waals surface area contributed by atoms with Crippen LogP contribution in [0, 0.1) is 0 Å². The summed E-state index contributed by atoms with van der Waals surface area (Å²) in [6.07, 6.45) is 5.59. The molecule has 6 nitrogen and oxygen atoms in total. The Labute approximate surface area is 106 Å². The van der Waals surface area contributed by atoms with Crippen LogP contribution in [0.25, 0.3) is 0 Å². The van der Waals surface area contributed by atoms with Crippen molar-refractivity contribution < 1.29 is 14.3 Å². The van der Waals surface area contributed by atoms with E-state index in [4.69, 9.17) is 10.5 Å². The van der Waals surface area contributed by atoms with E-state index in [1.165, 1.54) is 6.20 Å². The van der Waals surface area contributed by atoms with E-state index in [-0.39, 0.29) is 0 Å². The minimum atomic E-state index is -0.644. The van der Waals surface area contributed by atoms with Gasteiger partial charge in [0.1, 0.15) is 11.8 Å². The van der Waals surface area contributed by atoms with Gasteiger partial charge in [0.15, 0.2) is 0 Å². The predicted octanol–water partition coefficient (Wildman–Crippen LogP) is 0.231. The van der Waals surface area contributed by atoms with Crippen LogP contribution in [0.4, 0.5) is 0 Å². The molecule has 1 atom stereocenters. The maximum absolute atomic E-state index is 11.8. The fraction of sp³-hybridized carbons (Fsp3) is 0.417. The maximum Gasteiger partial charge on any atom is 0.334 e. The van der Waals surface area contributed by atoms with Crippen molar-refractivity contribution in [2.24, 2.45) is 5.73 Å². The molecule has 0 spiro atoms. The molecule has 1 aromatic rings. The molecule has 3 N–H and O–H groups in total. The molecule has 0 radical (unpaired) electrons. The van der Waals surface area contributed by atoms with Gasteiger partial charge in [-0.05, 0) is 37.9 Å². The highest BCUT2D eigenvalue weighted by molar-refractivity contribution is 5.80. The second-order valence-electron chi connectivity index (χ2n) is 3.73. The summed E-state index contributed by atoms with van der Waals surface area (Å²) in [4.78, 5) is 26.1. The van der Waals surface area contributed by atoms with Gasteiger partial charge < -0.3 is 15.8 Å². The minimum Gasteiger partial charge on any atom is -0.423 e. The highest BCUT2D eigenvalue weighted by Gasteiger charge is 2.19. The van der Waals surface area contributed by atoms with Crippen molar-refractivity contribution in [3.8, 4) is 5.75 Å². The van der Waals surface area contributed by atoms with E-state index in [1.54, 1.807) is 18.3 Å². The fourth-order valence-electron chi connectivity index (χ4n) is 1.44. The number of ether oxygens (including phenoxy) is 1. The van der Waals surface area contributed by atoms with Gasteiger partial charge >= 0.3 is 5.97 Å². The summed E-state index contributed by atoms with van der Waals surface area (Å²) >= 11 is 0. The summed E-state index contributed by atoms with van der Waals surface area (Å²) < 4.78 is 5.11. The molecule has 0 bridgehead atoms. The molecule has 1 rings (SSSR count). The number of esters is 1. The highest BCUT2D eigenvalue weighted by Crippen LogP contribution is 2.09. The number of nitrogens with one attached hydrogen (secondary N) is 1. The van der Waals surface area contributed by atoms with Crippen LogP contribution >= 0.6 is 0 Å². The molecule has 0 aliphatic carbocycles. The van der Waals surface area contributed by atoms with Gasteiger partial charge in [0, 0.05) is 6.20 Å². The summed E-state index contributed by atoms with van der Waals surface area (Å²) in [5.74, 6) is -0.133. The molecule has 0 saturated heterocycles. The van der Waals surface area contributed by atoms with Crippen LogP contribution in [-0.2, 0) is 9.59 Å². The molecule has 0 aliphatic heterocycles. The van der Waals surface area contributed by atoms with Gasteiger partial charge in [0.2, 0.25) is 6.41 Å². The number of rotatable bonds is 8. The Hall–Kier alpha value is -1.95. The molecular weight excluding hydrogens is 234 g/mol. The summed E-state index contributed by atoms with van der Waals surface area (Å²) in [5, 5.41) is 2.45. The normalized spacial score (nSPS) is 11.6. The molecule has 0 aromatic carbocycles. The molecule has 1 aromatic heterocycles. The lowest BCUT2D eigenvalue weighted by molar-refractivity contribution is -0.138. The molecule has 0 aliphatic rings. The van der Waals surface area contributed by atoms with Gasteiger partial charge in [-0.25, -0.2) is 4.79 Å². The number of amides is 1. The van der Waals surface area contributed by atoms with Gasteiger partial charge in [-0.1, -0.05) is 0 Å². The molecule has 1 heterocycles. The minimum absolute atomic E-state index is 0.360. The summed E-state index contributed by atoms with van der Waals surface area (Å²) in [5.41, 5.74) is 5.37. The third-order valence-electron chi connectivity index (χ3n) is 2.35. The zero-order valence-corrected chi connectivity index (χ0v) is 10.0. The van der Waals surface area contributed by atoms with E-state index in [2.05, 4.69) is 10.3 Å². The Balaban J connectivity index is 2.51. The summed E-state index contributed by atoms with van der Waals surface area (Å²) in [6.45, 7) is 0.561. The number of pyridine rings is 1. The number of hydrogen-bond acceptors (Lipinski definition) is 5. The molecule has 18 heavy (non-hydrogen) atoms. The van der Waals surface area contributed by atoms with Gasteiger partial charge in [-0.15, -0.1) is 0 Å². The van der Waals surface area contributed by atoms with E-state index in [9.17, 15) is 9.59 Å². The van der Waals surface area contributed by atoms with E-state index < -0.39 is 12.0 Å². The average molecular weight is 251 g/mol. The van der Waals surface area contributed by atoms with Crippen molar-refractivity contribution in [3.05, 3.63) is 24.5 Å². The molecule has 6 heteroatoms. The summed E-state index contributed by atoms with van der Waals surface area (Å²) in [7, 11) is 0. The Morgan fingerprint density at radius 2 is 2.39 bits per heavy atom. The maximum atomic E-state index is 11.8. The van der Waals surface area contributed by atoms with Gasteiger partial charge in [-0.3, -0.25) is 9.78 Å². The van der Waals surface area contributed by atoms with Crippen molar-refractivity contribution in [2.75, 3.05) is 6.54 Å². The van der Waals surface area contributed by atoms with Crippen molar-refractivity contribution in [1.82, 2.24) is 10.3 Å². The van der Waals surface area contributed by atoms with Crippen LogP contribution in [0.1, 0.15) is 19.3 Å². The molecule has 0 fully saturated rings. The molecule has 0 saturated carbocycles. The predicted molar refractivity (Wildman–Crippen MR) is 65.8 cm³/mol. The highest BCUT2D eigenvalue weighted by atomic mass is 16.5. The molecular formula is C12H17N3O3. The van der Waals surface area contributed by atoms with Crippen LogP contribution in [0.2, 0.25) is 0 Å². The molecule has 1 amide bonds. The summed E-state index contributed by atoms with van der Waals surface area (Å²) in [6, 6.07) is 2.65. The lowest BCUT2D eigenvalue weighted by Gasteiger charge is -2.14. The third-order valence-corrected chi connectivity index (χ3v) is 2.35. The lowest BCUT2D eigenvalue weighted by atomic mass is 10.1. The number of carbonyl (C=O) groups is 2. The van der Waals surface area contributed by atoms with E-state index in [0.717, 1.165) is 12.8 Å². The monoisotopic (exact) mass is 251 g/mol. The fourth-order valence-corrected chi connectivity index (χ4v) is 1.44. The van der Waals surface area contributed by atoms with Crippen LogP contribution in [0.15, 0.2) is 24.5 Å². The Kier molecular flexibility index (Phi) is 6.42. The Bertz CT molecular complexity index is 370. The standard InChI is InChI=1S/C12H17N3O3/c13-6-2-1-5-11(15-9-16)12(17)18-10-4-3-7-14-8-10/h3-4,7-9,11H,1-2,5-6,13H2,(H,15,16). The molecule has 1 unspecified atom stereocenters. The topological polar surface area (TPSA) is 94.3 Å². The van der Waals surface area contributed by atoms with Crippen LogP contribution < -0.4 is 15.8 Å². The lowest BCUT2D eigenvalue weighted by Crippen LogP contribution is -2.38. The van der Waals surface area contributed by atoms with Gasteiger partial charge in [0.05, 0.1) is 6.20 Å². The smallest absolute Gasteiger partial charge is 0.334 e. The van der Waals surface area contributed by atoms with Gasteiger partial charge in [0.25, 0.3) is 0 Å². The second-order valence-corrected chi connectivity index (χ2v) is 3.73.